The Bertz CT molecular complexity index is 329. The van der Waals surface area contributed by atoms with Crippen LogP contribution in [-0.2, 0) is 6.42 Å². The third-order valence-electron chi connectivity index (χ3n) is 2.46. The molecular weight excluding hydrogens is 215 g/mol. The van der Waals surface area contributed by atoms with Crippen molar-refractivity contribution >= 4 is 0 Å². The van der Waals surface area contributed by atoms with Crippen LogP contribution >= 0.6 is 0 Å². The van der Waals surface area contributed by atoms with Crippen molar-refractivity contribution < 1.29 is 13.2 Å². The number of rotatable bonds is 5. The topological polar surface area (TPSA) is 12.0 Å². The van der Waals surface area contributed by atoms with E-state index < -0.39 is 17.5 Å². The van der Waals surface area contributed by atoms with Crippen LogP contribution in [-0.4, -0.2) is 12.6 Å². The Morgan fingerprint density at radius 3 is 2.25 bits per heavy atom. The zero-order chi connectivity index (χ0) is 12.1. The molecule has 1 aromatic carbocycles. The van der Waals surface area contributed by atoms with Gasteiger partial charge in [-0.1, -0.05) is 6.92 Å². The van der Waals surface area contributed by atoms with Crippen LogP contribution < -0.4 is 5.32 Å². The summed E-state index contributed by atoms with van der Waals surface area (Å²) in [6, 6.07) is 2.38. The Kier molecular flexibility index (Phi) is 4.80. The lowest BCUT2D eigenvalue weighted by atomic mass is 10.1. The molecule has 1 atom stereocenters. The van der Waals surface area contributed by atoms with E-state index in [0.29, 0.717) is 12.0 Å². The van der Waals surface area contributed by atoms with Crippen LogP contribution in [0.5, 0.6) is 0 Å². The molecule has 1 aromatic rings. The molecule has 16 heavy (non-hydrogen) atoms. The molecule has 0 saturated heterocycles. The molecule has 4 heteroatoms. The van der Waals surface area contributed by atoms with Crippen molar-refractivity contribution in [3.8, 4) is 0 Å². The SMILES string of the molecule is CCNC(C)CCc1cc(F)c(F)c(F)c1. The van der Waals surface area contributed by atoms with Crippen molar-refractivity contribution in [3.05, 3.63) is 35.1 Å². The summed E-state index contributed by atoms with van der Waals surface area (Å²) in [5.41, 5.74) is 0.487. The highest BCUT2D eigenvalue weighted by Crippen LogP contribution is 2.15. The molecule has 0 bridgehead atoms. The molecule has 0 amide bonds. The molecular formula is C12H16F3N. The van der Waals surface area contributed by atoms with Gasteiger partial charge in [0.25, 0.3) is 0 Å². The van der Waals surface area contributed by atoms with E-state index in [2.05, 4.69) is 5.32 Å². The molecule has 0 aliphatic rings. The van der Waals surface area contributed by atoms with Gasteiger partial charge in [-0.3, -0.25) is 0 Å². The second kappa shape index (κ2) is 5.89. The zero-order valence-electron chi connectivity index (χ0n) is 9.49. The molecule has 0 aromatic heterocycles. The van der Waals surface area contributed by atoms with Crippen molar-refractivity contribution in [2.45, 2.75) is 32.7 Å². The molecule has 1 rings (SSSR count). The first-order valence-corrected chi connectivity index (χ1v) is 5.41. The van der Waals surface area contributed by atoms with Crippen LogP contribution in [0.25, 0.3) is 0 Å². The Morgan fingerprint density at radius 1 is 1.19 bits per heavy atom. The number of hydrogen-bond acceptors (Lipinski definition) is 1. The Hall–Kier alpha value is -1.03. The van der Waals surface area contributed by atoms with Crippen molar-refractivity contribution in [3.63, 3.8) is 0 Å². The third-order valence-corrected chi connectivity index (χ3v) is 2.46. The Balaban J connectivity index is 2.61. The molecule has 0 aliphatic carbocycles. The highest BCUT2D eigenvalue weighted by atomic mass is 19.2. The van der Waals surface area contributed by atoms with Crippen LogP contribution in [0.2, 0.25) is 0 Å². The third kappa shape index (κ3) is 3.52. The van der Waals surface area contributed by atoms with Gasteiger partial charge in [0.1, 0.15) is 0 Å². The van der Waals surface area contributed by atoms with Crippen LogP contribution in [0.4, 0.5) is 13.2 Å². The predicted molar refractivity (Wildman–Crippen MR) is 57.8 cm³/mol. The lowest BCUT2D eigenvalue weighted by molar-refractivity contribution is 0.444. The molecule has 1 nitrogen and oxygen atoms in total. The predicted octanol–water partition coefficient (Wildman–Crippen LogP) is 3.03. The van der Waals surface area contributed by atoms with Gasteiger partial charge in [-0.05, 0) is 44.0 Å². The number of nitrogens with one attached hydrogen (secondary N) is 1. The van der Waals surface area contributed by atoms with Crippen LogP contribution in [0.1, 0.15) is 25.8 Å². The van der Waals surface area contributed by atoms with Crippen molar-refractivity contribution in [2.24, 2.45) is 0 Å². The molecule has 0 heterocycles. The summed E-state index contributed by atoms with van der Waals surface area (Å²) < 4.78 is 38.4. The fraction of sp³-hybridized carbons (Fsp3) is 0.500. The maximum Gasteiger partial charge on any atom is 0.194 e. The number of hydrogen-bond donors (Lipinski definition) is 1. The van der Waals surface area contributed by atoms with Gasteiger partial charge in [0.2, 0.25) is 0 Å². The molecule has 0 spiro atoms. The van der Waals surface area contributed by atoms with Gasteiger partial charge in [0.05, 0.1) is 0 Å². The molecule has 0 fully saturated rings. The first-order chi connectivity index (χ1) is 7.54. The van der Waals surface area contributed by atoms with Gasteiger partial charge >= 0.3 is 0 Å². The first kappa shape index (κ1) is 13.0. The van der Waals surface area contributed by atoms with E-state index in [1.54, 1.807) is 0 Å². The summed E-state index contributed by atoms with van der Waals surface area (Å²) in [6.45, 7) is 4.85. The molecule has 0 radical (unpaired) electrons. The Morgan fingerprint density at radius 2 is 1.75 bits per heavy atom. The minimum absolute atomic E-state index is 0.279. The summed E-state index contributed by atoms with van der Waals surface area (Å²) in [5, 5.41) is 3.19. The Labute approximate surface area is 93.7 Å². The van der Waals surface area contributed by atoms with E-state index in [0.717, 1.165) is 25.1 Å². The smallest absolute Gasteiger partial charge is 0.194 e. The van der Waals surface area contributed by atoms with E-state index in [1.807, 2.05) is 13.8 Å². The van der Waals surface area contributed by atoms with E-state index >= 15 is 0 Å². The fourth-order valence-corrected chi connectivity index (χ4v) is 1.59. The summed E-state index contributed by atoms with van der Waals surface area (Å²) in [4.78, 5) is 0. The highest BCUT2D eigenvalue weighted by Gasteiger charge is 2.10. The van der Waals surface area contributed by atoms with Crippen LogP contribution in [0, 0.1) is 17.5 Å². The van der Waals surface area contributed by atoms with E-state index in [4.69, 9.17) is 0 Å². The first-order valence-electron chi connectivity index (χ1n) is 5.41. The quantitative estimate of drug-likeness (QED) is 0.768. The number of aryl methyl sites for hydroxylation is 1. The van der Waals surface area contributed by atoms with Crippen molar-refractivity contribution in [2.75, 3.05) is 6.54 Å². The van der Waals surface area contributed by atoms with Gasteiger partial charge in [-0.15, -0.1) is 0 Å². The average molecular weight is 231 g/mol. The molecule has 1 unspecified atom stereocenters. The minimum atomic E-state index is -1.40. The summed E-state index contributed by atoms with van der Waals surface area (Å²) in [7, 11) is 0. The van der Waals surface area contributed by atoms with Gasteiger partial charge in [0, 0.05) is 6.04 Å². The summed E-state index contributed by atoms with van der Waals surface area (Å²) >= 11 is 0. The normalized spacial score (nSPS) is 12.8. The summed E-state index contributed by atoms with van der Waals surface area (Å²) in [5.74, 6) is -3.64. The van der Waals surface area contributed by atoms with E-state index in [1.165, 1.54) is 0 Å². The lowest BCUT2D eigenvalue weighted by Gasteiger charge is -2.12. The zero-order valence-corrected chi connectivity index (χ0v) is 9.49. The van der Waals surface area contributed by atoms with Crippen molar-refractivity contribution in [1.82, 2.24) is 5.32 Å². The monoisotopic (exact) mass is 231 g/mol. The van der Waals surface area contributed by atoms with E-state index in [-0.39, 0.29) is 6.04 Å². The largest absolute Gasteiger partial charge is 0.315 e. The van der Waals surface area contributed by atoms with Crippen molar-refractivity contribution in [1.29, 1.82) is 0 Å². The lowest BCUT2D eigenvalue weighted by Crippen LogP contribution is -2.25. The minimum Gasteiger partial charge on any atom is -0.315 e. The van der Waals surface area contributed by atoms with E-state index in [9.17, 15) is 13.2 Å². The van der Waals surface area contributed by atoms with Crippen LogP contribution in [0.3, 0.4) is 0 Å². The molecule has 0 aliphatic heterocycles. The average Bonchev–Trinajstić information content (AvgIpc) is 2.23. The molecule has 90 valence electrons. The second-order valence-electron chi connectivity index (χ2n) is 3.87. The standard InChI is InChI=1S/C12H16F3N/c1-3-16-8(2)4-5-9-6-10(13)12(15)11(14)7-9/h6-8,16H,3-5H2,1-2H3. The molecule has 1 N–H and O–H groups in total. The maximum atomic E-state index is 12.9. The fourth-order valence-electron chi connectivity index (χ4n) is 1.59. The van der Waals surface area contributed by atoms with Gasteiger partial charge in [-0.2, -0.15) is 0 Å². The molecule has 0 saturated carbocycles. The number of benzene rings is 1. The second-order valence-corrected chi connectivity index (χ2v) is 3.87. The maximum absolute atomic E-state index is 12.9. The van der Waals surface area contributed by atoms with Crippen LogP contribution in [0.15, 0.2) is 12.1 Å². The summed E-state index contributed by atoms with van der Waals surface area (Å²) in [6.07, 6.45) is 1.29. The van der Waals surface area contributed by atoms with Gasteiger partial charge in [0.15, 0.2) is 17.5 Å². The highest BCUT2D eigenvalue weighted by molar-refractivity contribution is 5.19. The van der Waals surface area contributed by atoms with Gasteiger partial charge < -0.3 is 5.32 Å². The van der Waals surface area contributed by atoms with Gasteiger partial charge in [-0.25, -0.2) is 13.2 Å². The number of halogens is 3.